The number of nitrogens with one attached hydrogen (secondary N) is 1. The van der Waals surface area contributed by atoms with Gasteiger partial charge in [-0.1, -0.05) is 0 Å². The molecule has 0 amide bonds. The van der Waals surface area contributed by atoms with Crippen molar-refractivity contribution in [2.45, 2.75) is 31.4 Å². The molecular weight excluding hydrogens is 258 g/mol. The highest BCUT2D eigenvalue weighted by Crippen LogP contribution is 2.29. The van der Waals surface area contributed by atoms with Crippen LogP contribution in [0.4, 0.5) is 0 Å². The second-order valence-electron chi connectivity index (χ2n) is 5.86. The van der Waals surface area contributed by atoms with Gasteiger partial charge < -0.3 is 14.6 Å². The predicted octanol–water partition coefficient (Wildman–Crippen LogP) is 0.633. The fraction of sp³-hybridized carbons (Fsp3) is 0.786. The van der Waals surface area contributed by atoms with Crippen LogP contribution >= 0.6 is 0 Å². The Morgan fingerprint density at radius 2 is 2.20 bits per heavy atom. The fourth-order valence-electron chi connectivity index (χ4n) is 3.07. The van der Waals surface area contributed by atoms with Crippen LogP contribution in [-0.4, -0.2) is 65.3 Å². The van der Waals surface area contributed by atoms with Crippen LogP contribution in [0.3, 0.4) is 0 Å². The SMILES string of the molecule is Cc1cn[nH]c1C1COCCN1CC1(O)CCOCC1. The highest BCUT2D eigenvalue weighted by molar-refractivity contribution is 5.19. The van der Waals surface area contributed by atoms with Crippen molar-refractivity contribution in [2.24, 2.45) is 0 Å². The first-order valence-electron chi connectivity index (χ1n) is 7.30. The molecule has 0 aliphatic carbocycles. The molecule has 1 unspecified atom stereocenters. The first kappa shape index (κ1) is 14.0. The summed E-state index contributed by atoms with van der Waals surface area (Å²) in [4.78, 5) is 2.31. The molecule has 2 aliphatic rings. The van der Waals surface area contributed by atoms with Crippen LogP contribution in [0, 0.1) is 6.92 Å². The maximum Gasteiger partial charge on any atom is 0.0818 e. The van der Waals surface area contributed by atoms with Gasteiger partial charge in [0.25, 0.3) is 0 Å². The highest BCUT2D eigenvalue weighted by Gasteiger charge is 2.36. The van der Waals surface area contributed by atoms with Gasteiger partial charge >= 0.3 is 0 Å². The van der Waals surface area contributed by atoms with Crippen LogP contribution in [0.2, 0.25) is 0 Å². The van der Waals surface area contributed by atoms with E-state index in [4.69, 9.17) is 9.47 Å². The van der Waals surface area contributed by atoms with E-state index in [0.717, 1.165) is 24.4 Å². The van der Waals surface area contributed by atoms with Crippen molar-refractivity contribution in [1.82, 2.24) is 15.1 Å². The second-order valence-corrected chi connectivity index (χ2v) is 5.86. The Balaban J connectivity index is 1.74. The van der Waals surface area contributed by atoms with Gasteiger partial charge in [0, 0.05) is 39.1 Å². The number of hydrogen-bond acceptors (Lipinski definition) is 5. The van der Waals surface area contributed by atoms with Crippen molar-refractivity contribution in [3.8, 4) is 0 Å². The Kier molecular flexibility index (Phi) is 4.07. The van der Waals surface area contributed by atoms with Crippen molar-refractivity contribution < 1.29 is 14.6 Å². The summed E-state index contributed by atoms with van der Waals surface area (Å²) in [6.07, 6.45) is 3.25. The largest absolute Gasteiger partial charge is 0.388 e. The molecule has 2 N–H and O–H groups in total. The monoisotopic (exact) mass is 281 g/mol. The maximum absolute atomic E-state index is 10.7. The minimum atomic E-state index is -0.637. The van der Waals surface area contributed by atoms with Crippen LogP contribution < -0.4 is 0 Å². The van der Waals surface area contributed by atoms with Gasteiger partial charge in [-0.3, -0.25) is 10.00 Å². The third kappa shape index (κ3) is 2.88. The van der Waals surface area contributed by atoms with Gasteiger partial charge in [0.1, 0.15) is 0 Å². The lowest BCUT2D eigenvalue weighted by Crippen LogP contribution is -2.51. The number of aromatic nitrogens is 2. The number of hydrogen-bond donors (Lipinski definition) is 2. The molecule has 3 rings (SSSR count). The molecule has 0 saturated carbocycles. The van der Waals surface area contributed by atoms with Gasteiger partial charge in [-0.25, -0.2) is 0 Å². The molecule has 1 aromatic rings. The zero-order valence-corrected chi connectivity index (χ0v) is 12.0. The number of β-amino-alcohol motifs (C(OH)–C–C–N with tert-alkyl or cyclic N) is 1. The molecule has 0 radical (unpaired) electrons. The van der Waals surface area contributed by atoms with Crippen LogP contribution in [0.25, 0.3) is 0 Å². The van der Waals surface area contributed by atoms with Crippen molar-refractivity contribution in [2.75, 3.05) is 39.5 Å². The van der Waals surface area contributed by atoms with Gasteiger partial charge in [-0.05, 0) is 12.5 Å². The summed E-state index contributed by atoms with van der Waals surface area (Å²) >= 11 is 0. The number of H-pyrrole nitrogens is 1. The highest BCUT2D eigenvalue weighted by atomic mass is 16.5. The van der Waals surface area contributed by atoms with E-state index in [0.29, 0.717) is 39.2 Å². The normalized spacial score (nSPS) is 27.6. The third-order valence-electron chi connectivity index (χ3n) is 4.36. The number of nitrogens with zero attached hydrogens (tertiary/aromatic N) is 2. The van der Waals surface area contributed by atoms with E-state index < -0.39 is 5.60 Å². The molecule has 2 fully saturated rings. The quantitative estimate of drug-likeness (QED) is 0.850. The van der Waals surface area contributed by atoms with E-state index in [-0.39, 0.29) is 6.04 Å². The molecule has 2 saturated heterocycles. The lowest BCUT2D eigenvalue weighted by atomic mass is 9.92. The van der Waals surface area contributed by atoms with Gasteiger partial charge in [-0.15, -0.1) is 0 Å². The number of aliphatic hydroxyl groups is 1. The van der Waals surface area contributed by atoms with Crippen molar-refractivity contribution in [3.05, 3.63) is 17.5 Å². The number of aromatic amines is 1. The van der Waals surface area contributed by atoms with E-state index in [2.05, 4.69) is 22.0 Å². The van der Waals surface area contributed by atoms with Crippen LogP contribution in [0.5, 0.6) is 0 Å². The average Bonchev–Trinajstić information content (AvgIpc) is 2.86. The summed E-state index contributed by atoms with van der Waals surface area (Å²) in [5.74, 6) is 0. The van der Waals surface area contributed by atoms with E-state index in [1.165, 1.54) is 0 Å². The Labute approximate surface area is 119 Å². The molecule has 1 aromatic heterocycles. The number of morpholine rings is 1. The Morgan fingerprint density at radius 1 is 1.40 bits per heavy atom. The summed E-state index contributed by atoms with van der Waals surface area (Å²) in [7, 11) is 0. The number of rotatable bonds is 3. The molecule has 6 heteroatoms. The zero-order valence-electron chi connectivity index (χ0n) is 12.0. The summed E-state index contributed by atoms with van der Waals surface area (Å²) in [6.45, 7) is 6.22. The Hall–Kier alpha value is -0.950. The molecule has 20 heavy (non-hydrogen) atoms. The molecule has 1 atom stereocenters. The Morgan fingerprint density at radius 3 is 2.90 bits per heavy atom. The molecular formula is C14H23N3O3. The summed E-state index contributed by atoms with van der Waals surface area (Å²) in [6, 6.07) is 0.151. The van der Waals surface area contributed by atoms with Crippen LogP contribution in [0.1, 0.15) is 30.1 Å². The van der Waals surface area contributed by atoms with Gasteiger partial charge in [0.05, 0.1) is 36.7 Å². The van der Waals surface area contributed by atoms with Crippen molar-refractivity contribution in [3.63, 3.8) is 0 Å². The van der Waals surface area contributed by atoms with Crippen molar-refractivity contribution >= 4 is 0 Å². The summed E-state index contributed by atoms with van der Waals surface area (Å²) in [5, 5.41) is 17.9. The molecule has 112 valence electrons. The van der Waals surface area contributed by atoms with E-state index >= 15 is 0 Å². The lowest BCUT2D eigenvalue weighted by molar-refractivity contribution is -0.104. The third-order valence-corrected chi connectivity index (χ3v) is 4.36. The first-order chi connectivity index (χ1) is 9.68. The van der Waals surface area contributed by atoms with E-state index in [1.54, 1.807) is 0 Å². The van der Waals surface area contributed by atoms with E-state index in [1.807, 2.05) is 6.20 Å². The van der Waals surface area contributed by atoms with Gasteiger partial charge in [0.15, 0.2) is 0 Å². The molecule has 0 bridgehead atoms. The predicted molar refractivity (Wildman–Crippen MR) is 73.5 cm³/mol. The Bertz CT molecular complexity index is 443. The van der Waals surface area contributed by atoms with Crippen LogP contribution in [-0.2, 0) is 9.47 Å². The number of aryl methyl sites for hydroxylation is 1. The average molecular weight is 281 g/mol. The topological polar surface area (TPSA) is 70.6 Å². The van der Waals surface area contributed by atoms with Crippen LogP contribution in [0.15, 0.2) is 6.20 Å². The minimum Gasteiger partial charge on any atom is -0.388 e. The molecule has 2 aliphatic heterocycles. The molecule has 0 aromatic carbocycles. The maximum atomic E-state index is 10.7. The molecule has 6 nitrogen and oxygen atoms in total. The number of ether oxygens (including phenoxy) is 2. The van der Waals surface area contributed by atoms with Gasteiger partial charge in [-0.2, -0.15) is 5.10 Å². The molecule has 0 spiro atoms. The lowest BCUT2D eigenvalue weighted by Gasteiger charge is -2.42. The van der Waals surface area contributed by atoms with Gasteiger partial charge in [0.2, 0.25) is 0 Å². The first-order valence-corrected chi connectivity index (χ1v) is 7.30. The fourth-order valence-corrected chi connectivity index (χ4v) is 3.07. The van der Waals surface area contributed by atoms with Crippen molar-refractivity contribution in [1.29, 1.82) is 0 Å². The summed E-state index contributed by atoms with van der Waals surface area (Å²) < 4.78 is 11.0. The summed E-state index contributed by atoms with van der Waals surface area (Å²) in [5.41, 5.74) is 1.60. The molecule has 3 heterocycles. The van der Waals surface area contributed by atoms with E-state index in [9.17, 15) is 5.11 Å². The second kappa shape index (κ2) is 5.81. The smallest absolute Gasteiger partial charge is 0.0818 e. The minimum absolute atomic E-state index is 0.151. The standard InChI is InChI=1S/C14H23N3O3/c1-11-8-15-16-13(11)12-9-20-7-4-17(12)10-14(18)2-5-19-6-3-14/h8,12,18H,2-7,9-10H2,1H3,(H,15,16). The zero-order chi connectivity index (χ0) is 14.0.